The molecule has 0 saturated carbocycles. The van der Waals surface area contributed by atoms with Gasteiger partial charge in [-0.15, -0.1) is 0 Å². The maximum Gasteiger partial charge on any atom is 0.323 e. The zero-order valence-corrected chi connectivity index (χ0v) is 40.4. The number of anilines is 2. The van der Waals surface area contributed by atoms with E-state index in [1.807, 2.05) is 99.6 Å². The molecule has 0 heterocycles. The lowest BCUT2D eigenvalue weighted by Crippen LogP contribution is -2.51. The first-order valence-electron chi connectivity index (χ1n) is 21.8. The van der Waals surface area contributed by atoms with E-state index >= 15 is 0 Å². The molecule has 12 heteroatoms. The van der Waals surface area contributed by atoms with Crippen LogP contribution in [0.3, 0.4) is 0 Å². The van der Waals surface area contributed by atoms with E-state index < -0.39 is 7.05 Å². The molecule has 6 aromatic rings. The standard InChI is InChI=1S/C53H60N5O5PS/c1-34-14-27-47(46(31-34)56-51(59)55-38-29-35(2)28-36(3)30-38)63-48-32-37-12-10-11-13-45(37)50(48)58-52(65)57-49(53(4,5)6)33-54-64(42-21-15-39(60-7)16-22-42,43-23-17-40(61-8)18-24-43)44-25-19-41(62-9)20-26-44/h10-31,48-50H,32-33H2,1-9H3,(H2,55,56,59)(H2,57,58,65)/t48-,49+,50-/m1/s1. The van der Waals surface area contributed by atoms with Gasteiger partial charge in [-0.05, 0) is 163 Å². The number of nitrogens with one attached hydrogen (secondary N) is 4. The number of hydrogen-bond acceptors (Lipinski definition) is 7. The Kier molecular flexibility index (Phi) is 14.6. The third-order valence-electron chi connectivity index (χ3n) is 11.8. The Labute approximate surface area is 389 Å². The quantitative estimate of drug-likeness (QED) is 0.0631. The molecule has 338 valence electrons. The maximum atomic E-state index is 13.4. The summed E-state index contributed by atoms with van der Waals surface area (Å²) in [5, 5.41) is 17.2. The molecule has 0 aliphatic heterocycles. The molecule has 0 fully saturated rings. The van der Waals surface area contributed by atoms with Crippen LogP contribution >= 0.6 is 19.3 Å². The van der Waals surface area contributed by atoms with Crippen LogP contribution < -0.4 is 56.1 Å². The van der Waals surface area contributed by atoms with Gasteiger partial charge in [-0.2, -0.15) is 0 Å². The smallest absolute Gasteiger partial charge is 0.323 e. The molecule has 3 atom stereocenters. The average Bonchev–Trinajstić information content (AvgIpc) is 3.62. The van der Waals surface area contributed by atoms with Gasteiger partial charge in [0, 0.05) is 28.0 Å². The van der Waals surface area contributed by atoms with Gasteiger partial charge in [-0.1, -0.05) is 57.2 Å². The Hall–Kier alpha value is -6.29. The zero-order chi connectivity index (χ0) is 46.3. The summed E-state index contributed by atoms with van der Waals surface area (Å²) in [6, 6.07) is 44.1. The molecule has 1 aliphatic rings. The highest BCUT2D eigenvalue weighted by Crippen LogP contribution is 2.48. The summed E-state index contributed by atoms with van der Waals surface area (Å²) >= 11 is 6.22. The molecule has 10 nitrogen and oxygen atoms in total. The lowest BCUT2D eigenvalue weighted by molar-refractivity contribution is 0.176. The normalized spacial score (nSPS) is 14.9. The van der Waals surface area contributed by atoms with E-state index in [2.05, 4.69) is 96.6 Å². The first-order chi connectivity index (χ1) is 31.2. The van der Waals surface area contributed by atoms with Crippen molar-refractivity contribution in [2.24, 2.45) is 10.2 Å². The average molecular weight is 910 g/mol. The monoisotopic (exact) mass is 909 g/mol. The number of methoxy groups -OCH3 is 3. The first kappa shape index (κ1) is 46.7. The second kappa shape index (κ2) is 20.3. The Morgan fingerprint density at radius 2 is 1.25 bits per heavy atom. The third-order valence-corrected chi connectivity index (χ3v) is 15.7. The van der Waals surface area contributed by atoms with Gasteiger partial charge in [-0.25, -0.2) is 4.79 Å². The second-order valence-corrected chi connectivity index (χ2v) is 21.1. The van der Waals surface area contributed by atoms with E-state index in [4.69, 9.17) is 35.9 Å². The summed E-state index contributed by atoms with van der Waals surface area (Å²) in [5.41, 5.74) is 6.44. The van der Waals surface area contributed by atoms with Gasteiger partial charge in [0.05, 0.1) is 52.7 Å². The number of ether oxygens (including phenoxy) is 4. The molecule has 0 aromatic heterocycles. The fourth-order valence-electron chi connectivity index (χ4n) is 8.34. The molecule has 6 aromatic carbocycles. The van der Waals surface area contributed by atoms with Crippen LogP contribution in [-0.4, -0.2) is 51.2 Å². The van der Waals surface area contributed by atoms with Crippen LogP contribution in [0.5, 0.6) is 23.0 Å². The van der Waals surface area contributed by atoms with Gasteiger partial charge in [0.2, 0.25) is 0 Å². The maximum absolute atomic E-state index is 13.4. The minimum atomic E-state index is -2.68. The summed E-state index contributed by atoms with van der Waals surface area (Å²) in [4.78, 5) is 13.4. The molecule has 7 rings (SSSR count). The van der Waals surface area contributed by atoms with Crippen molar-refractivity contribution in [2.45, 2.75) is 66.2 Å². The predicted octanol–water partition coefficient (Wildman–Crippen LogP) is 10.4. The minimum Gasteiger partial charge on any atom is -0.497 e. The summed E-state index contributed by atoms with van der Waals surface area (Å²) in [7, 11) is 2.35. The van der Waals surface area contributed by atoms with E-state index in [0.717, 1.165) is 61.1 Å². The van der Waals surface area contributed by atoms with E-state index in [0.29, 0.717) is 29.5 Å². The molecule has 1 aliphatic carbocycles. The Morgan fingerprint density at radius 1 is 0.708 bits per heavy atom. The van der Waals surface area contributed by atoms with Gasteiger partial charge in [0.15, 0.2) is 5.11 Å². The molecule has 0 spiro atoms. The number of fused-ring (bicyclic) bond motifs is 1. The van der Waals surface area contributed by atoms with Crippen LogP contribution in [0.1, 0.15) is 54.6 Å². The number of carbonyl (C=O) groups is 1. The topological polar surface area (TPSA) is 114 Å². The highest BCUT2D eigenvalue weighted by atomic mass is 32.1. The highest BCUT2D eigenvalue weighted by Gasteiger charge is 2.37. The van der Waals surface area contributed by atoms with Gasteiger partial charge >= 0.3 is 6.03 Å². The van der Waals surface area contributed by atoms with Crippen molar-refractivity contribution in [2.75, 3.05) is 38.5 Å². The summed E-state index contributed by atoms with van der Waals surface area (Å²) < 4.78 is 29.5. The number of urea groups is 1. The molecule has 0 radical (unpaired) electrons. The lowest BCUT2D eigenvalue weighted by Gasteiger charge is -2.35. The molecule has 0 unspecified atom stereocenters. The molecule has 2 amide bonds. The summed E-state index contributed by atoms with van der Waals surface area (Å²) in [5.74, 6) is 2.88. The van der Waals surface area contributed by atoms with E-state index in [1.165, 1.54) is 5.56 Å². The lowest BCUT2D eigenvalue weighted by atomic mass is 9.87. The number of rotatable bonds is 14. The van der Waals surface area contributed by atoms with Gasteiger partial charge < -0.3 is 40.2 Å². The van der Waals surface area contributed by atoms with Crippen molar-refractivity contribution in [1.29, 1.82) is 0 Å². The Morgan fingerprint density at radius 3 is 1.77 bits per heavy atom. The SMILES string of the molecule is COc1ccc(P(=NC[C@H](NC(=S)N[C@@H]2c3ccccc3C[C@H]2Oc2ccc(C)cc2NC(=O)Nc2cc(C)cc(C)c2)C(C)(C)C)(c2ccc(OC)cc2)c2ccc(OC)cc2)cc1. The second-order valence-electron chi connectivity index (χ2n) is 17.6. The van der Waals surface area contributed by atoms with Crippen molar-refractivity contribution < 1.29 is 23.7 Å². The summed E-state index contributed by atoms with van der Waals surface area (Å²) in [6.07, 6.45) is 0.310. The number of hydrogen-bond donors (Lipinski definition) is 4. The van der Waals surface area contributed by atoms with Crippen LogP contribution in [0.25, 0.3) is 0 Å². The van der Waals surface area contributed by atoms with Crippen LogP contribution in [0.2, 0.25) is 0 Å². The minimum absolute atomic E-state index is 0.184. The van der Waals surface area contributed by atoms with Crippen molar-refractivity contribution in [3.63, 3.8) is 0 Å². The van der Waals surface area contributed by atoms with Crippen LogP contribution in [0.4, 0.5) is 16.2 Å². The number of amides is 2. The van der Waals surface area contributed by atoms with E-state index in [-0.39, 0.29) is 29.6 Å². The fraction of sp³-hybridized carbons (Fsp3) is 0.283. The Balaban J connectivity index is 1.19. The number of nitrogens with zero attached hydrogens (tertiary/aromatic N) is 1. The number of carbonyl (C=O) groups excluding carboxylic acids is 1. The number of aryl methyl sites for hydroxylation is 3. The molecule has 65 heavy (non-hydrogen) atoms. The molecular formula is C53H60N5O5PS. The van der Waals surface area contributed by atoms with Gasteiger partial charge in [-0.3, -0.25) is 4.74 Å². The molecular weight excluding hydrogens is 850 g/mol. The van der Waals surface area contributed by atoms with Crippen LogP contribution in [0, 0.1) is 26.2 Å². The fourth-order valence-corrected chi connectivity index (χ4v) is 12.1. The number of benzene rings is 6. The van der Waals surface area contributed by atoms with Gasteiger partial charge in [0.25, 0.3) is 0 Å². The van der Waals surface area contributed by atoms with Crippen molar-refractivity contribution in [1.82, 2.24) is 10.6 Å². The largest absolute Gasteiger partial charge is 0.497 e. The van der Waals surface area contributed by atoms with Crippen LogP contribution in [0.15, 0.2) is 138 Å². The van der Waals surface area contributed by atoms with Crippen molar-refractivity contribution >= 4 is 57.7 Å². The molecule has 0 saturated heterocycles. The molecule has 0 bridgehead atoms. The Bertz CT molecular complexity index is 2540. The zero-order valence-electron chi connectivity index (χ0n) is 38.7. The van der Waals surface area contributed by atoms with E-state index in [1.54, 1.807) is 21.3 Å². The van der Waals surface area contributed by atoms with Crippen LogP contribution in [-0.2, 0) is 6.42 Å². The first-order valence-corrected chi connectivity index (χ1v) is 23.9. The van der Waals surface area contributed by atoms with E-state index in [9.17, 15) is 4.79 Å². The highest BCUT2D eigenvalue weighted by molar-refractivity contribution is 7.87. The van der Waals surface area contributed by atoms with Crippen molar-refractivity contribution in [3.8, 4) is 23.0 Å². The van der Waals surface area contributed by atoms with Gasteiger partial charge in [0.1, 0.15) is 29.1 Å². The third kappa shape index (κ3) is 11.0. The summed E-state index contributed by atoms with van der Waals surface area (Å²) in [6.45, 7) is 13.1. The molecule has 4 N–H and O–H groups in total. The predicted molar refractivity (Wildman–Crippen MR) is 271 cm³/mol. The number of thiocarbonyl (C=S) groups is 1. The van der Waals surface area contributed by atoms with Crippen molar-refractivity contribution in [3.05, 3.63) is 161 Å².